The van der Waals surface area contributed by atoms with Crippen molar-refractivity contribution in [2.24, 2.45) is 0 Å². The first-order valence-corrected chi connectivity index (χ1v) is 13.9. The molecular formula is C30H30N4O4S. The molecule has 0 aliphatic heterocycles. The second kappa shape index (κ2) is 12.4. The van der Waals surface area contributed by atoms with E-state index in [-0.39, 0.29) is 34.5 Å². The fraction of sp³-hybridized carbons (Fsp3) is 0.167. The van der Waals surface area contributed by atoms with Crippen molar-refractivity contribution >= 4 is 33.2 Å². The number of carbonyl (C=O) groups is 2. The molecule has 200 valence electrons. The molecule has 1 heterocycles. The van der Waals surface area contributed by atoms with Gasteiger partial charge in [0.2, 0.25) is 5.91 Å². The molecule has 0 fully saturated rings. The highest BCUT2D eigenvalue weighted by molar-refractivity contribution is 7.92. The van der Waals surface area contributed by atoms with Crippen molar-refractivity contribution in [2.75, 3.05) is 16.2 Å². The molecule has 0 bridgehead atoms. The number of benzene rings is 3. The predicted molar refractivity (Wildman–Crippen MR) is 152 cm³/mol. The first-order chi connectivity index (χ1) is 18.8. The van der Waals surface area contributed by atoms with Gasteiger partial charge < -0.3 is 10.6 Å². The molecule has 9 heteroatoms. The van der Waals surface area contributed by atoms with E-state index >= 15 is 0 Å². The average Bonchev–Trinajstić information content (AvgIpc) is 2.96. The van der Waals surface area contributed by atoms with Crippen molar-refractivity contribution in [2.45, 2.75) is 31.2 Å². The Morgan fingerprint density at radius 1 is 0.872 bits per heavy atom. The molecule has 0 unspecified atom stereocenters. The molecule has 0 aliphatic rings. The minimum absolute atomic E-state index is 0.0703. The van der Waals surface area contributed by atoms with Crippen LogP contribution in [-0.4, -0.2) is 31.8 Å². The molecule has 0 aliphatic carbocycles. The molecule has 4 aromatic rings. The number of nitrogens with one attached hydrogen (secondary N) is 2. The Morgan fingerprint density at radius 3 is 2.23 bits per heavy atom. The number of carbonyl (C=O) groups excluding carboxylic acids is 2. The highest BCUT2D eigenvalue weighted by atomic mass is 32.2. The Bertz CT molecular complexity index is 1520. The molecule has 0 saturated heterocycles. The lowest BCUT2D eigenvalue weighted by molar-refractivity contribution is -0.114. The third-order valence-electron chi connectivity index (χ3n) is 6.09. The first-order valence-electron chi connectivity index (χ1n) is 12.5. The molecule has 2 N–H and O–H groups in total. The van der Waals surface area contributed by atoms with Crippen LogP contribution in [0.15, 0.2) is 108 Å². The average molecular weight is 543 g/mol. The van der Waals surface area contributed by atoms with Crippen molar-refractivity contribution < 1.29 is 18.0 Å². The number of amides is 2. The maximum atomic E-state index is 13.6. The number of nitrogens with zero attached hydrogens (tertiary/aromatic N) is 2. The second-order valence-electron chi connectivity index (χ2n) is 9.21. The minimum Gasteiger partial charge on any atom is -0.348 e. The summed E-state index contributed by atoms with van der Waals surface area (Å²) in [6.45, 7) is 3.88. The smallest absolute Gasteiger partial charge is 0.264 e. The van der Waals surface area contributed by atoms with Crippen LogP contribution >= 0.6 is 0 Å². The van der Waals surface area contributed by atoms with Crippen molar-refractivity contribution in [3.63, 3.8) is 0 Å². The largest absolute Gasteiger partial charge is 0.348 e. The number of hydrogen-bond donors (Lipinski definition) is 2. The predicted octanol–water partition coefficient (Wildman–Crippen LogP) is 4.97. The number of rotatable bonds is 10. The molecule has 0 radical (unpaired) electrons. The SMILES string of the molecule is CC(C)c1ccc(N(CC(=O)Nc2ccccc2C(=O)NCc2cccnc2)S(=O)(=O)c2ccccc2)cc1. The van der Waals surface area contributed by atoms with Gasteiger partial charge >= 0.3 is 0 Å². The standard InChI is InChI=1S/C30H30N4O4S/c1-22(2)24-14-16-25(17-15-24)34(39(37,38)26-10-4-3-5-11-26)21-29(35)33-28-13-7-6-12-27(28)30(36)32-20-23-9-8-18-31-19-23/h3-19,22H,20-21H2,1-2H3,(H,32,36)(H,33,35). The lowest BCUT2D eigenvalue weighted by Crippen LogP contribution is -2.38. The normalized spacial score (nSPS) is 11.2. The lowest BCUT2D eigenvalue weighted by atomic mass is 10.0. The highest BCUT2D eigenvalue weighted by Gasteiger charge is 2.27. The summed E-state index contributed by atoms with van der Waals surface area (Å²) in [7, 11) is -4.05. The summed E-state index contributed by atoms with van der Waals surface area (Å²) in [6.07, 6.45) is 3.31. The molecular weight excluding hydrogens is 512 g/mol. The molecule has 39 heavy (non-hydrogen) atoms. The summed E-state index contributed by atoms with van der Waals surface area (Å²) in [5.74, 6) is -0.704. The molecule has 8 nitrogen and oxygen atoms in total. The molecule has 0 spiro atoms. The van der Waals surface area contributed by atoms with Crippen molar-refractivity contribution in [1.29, 1.82) is 0 Å². The van der Waals surface area contributed by atoms with Gasteiger partial charge in [0, 0.05) is 18.9 Å². The highest BCUT2D eigenvalue weighted by Crippen LogP contribution is 2.26. The third kappa shape index (κ3) is 6.88. The van der Waals surface area contributed by atoms with Crippen LogP contribution in [0, 0.1) is 0 Å². The van der Waals surface area contributed by atoms with Crippen LogP contribution in [0.2, 0.25) is 0 Å². The van der Waals surface area contributed by atoms with Crippen molar-refractivity contribution in [3.05, 3.63) is 120 Å². The van der Waals surface area contributed by atoms with Gasteiger partial charge in [-0.3, -0.25) is 18.9 Å². The molecule has 2 amide bonds. The maximum absolute atomic E-state index is 13.6. The van der Waals surface area contributed by atoms with Gasteiger partial charge in [-0.15, -0.1) is 0 Å². The second-order valence-corrected chi connectivity index (χ2v) is 11.1. The van der Waals surface area contributed by atoms with E-state index in [1.807, 2.05) is 32.0 Å². The van der Waals surface area contributed by atoms with Crippen LogP contribution < -0.4 is 14.9 Å². The molecule has 4 rings (SSSR count). The summed E-state index contributed by atoms with van der Waals surface area (Å²) in [4.78, 5) is 30.3. The minimum atomic E-state index is -4.05. The van der Waals surface area contributed by atoms with Crippen LogP contribution in [0.1, 0.15) is 41.3 Å². The number of para-hydroxylation sites is 1. The van der Waals surface area contributed by atoms with Crippen LogP contribution in [-0.2, 0) is 21.4 Å². The monoisotopic (exact) mass is 542 g/mol. The third-order valence-corrected chi connectivity index (χ3v) is 7.88. The number of sulfonamides is 1. The Balaban J connectivity index is 1.57. The van der Waals surface area contributed by atoms with E-state index < -0.39 is 22.5 Å². The number of pyridine rings is 1. The molecule has 0 saturated carbocycles. The molecule has 0 atom stereocenters. The van der Waals surface area contributed by atoms with Gasteiger partial charge in [0.05, 0.1) is 21.8 Å². The number of hydrogen-bond acceptors (Lipinski definition) is 5. The van der Waals surface area contributed by atoms with Crippen LogP contribution in [0.25, 0.3) is 0 Å². The lowest BCUT2D eigenvalue weighted by Gasteiger charge is -2.25. The van der Waals surface area contributed by atoms with Gasteiger partial charge in [0.1, 0.15) is 6.54 Å². The molecule has 3 aromatic carbocycles. The number of aromatic nitrogens is 1. The summed E-state index contributed by atoms with van der Waals surface area (Å²) < 4.78 is 28.3. The zero-order valence-electron chi connectivity index (χ0n) is 21.7. The van der Waals surface area contributed by atoms with Crippen LogP contribution in [0.4, 0.5) is 11.4 Å². The zero-order valence-corrected chi connectivity index (χ0v) is 22.6. The zero-order chi connectivity index (χ0) is 27.8. The van der Waals surface area contributed by atoms with Gasteiger partial charge in [0.25, 0.3) is 15.9 Å². The first kappa shape index (κ1) is 27.5. The van der Waals surface area contributed by atoms with Crippen molar-refractivity contribution in [3.8, 4) is 0 Å². The van der Waals surface area contributed by atoms with E-state index in [4.69, 9.17) is 0 Å². The van der Waals surface area contributed by atoms with E-state index in [9.17, 15) is 18.0 Å². The summed E-state index contributed by atoms with van der Waals surface area (Å²) in [6, 6.07) is 25.3. The van der Waals surface area contributed by atoms with Crippen LogP contribution in [0.3, 0.4) is 0 Å². The van der Waals surface area contributed by atoms with E-state index in [0.29, 0.717) is 5.69 Å². The van der Waals surface area contributed by atoms with Gasteiger partial charge in [-0.2, -0.15) is 0 Å². The summed E-state index contributed by atoms with van der Waals surface area (Å²) in [5, 5.41) is 5.54. The topological polar surface area (TPSA) is 108 Å². The van der Waals surface area contributed by atoms with E-state index in [1.165, 1.54) is 12.1 Å². The quantitative estimate of drug-likeness (QED) is 0.294. The van der Waals surface area contributed by atoms with Gasteiger partial charge in [0.15, 0.2) is 0 Å². The Kier molecular flexibility index (Phi) is 8.73. The fourth-order valence-corrected chi connectivity index (χ4v) is 5.39. The Morgan fingerprint density at radius 2 is 1.56 bits per heavy atom. The molecule has 1 aromatic heterocycles. The van der Waals surface area contributed by atoms with E-state index in [1.54, 1.807) is 73.1 Å². The Hall–Kier alpha value is -4.50. The van der Waals surface area contributed by atoms with E-state index in [2.05, 4.69) is 15.6 Å². The fourth-order valence-electron chi connectivity index (χ4n) is 3.95. The summed E-state index contributed by atoms with van der Waals surface area (Å²) >= 11 is 0. The maximum Gasteiger partial charge on any atom is 0.264 e. The summed E-state index contributed by atoms with van der Waals surface area (Å²) in [5.41, 5.74) is 2.77. The van der Waals surface area contributed by atoms with E-state index in [0.717, 1.165) is 15.4 Å². The number of anilines is 2. The van der Waals surface area contributed by atoms with Crippen LogP contribution in [0.5, 0.6) is 0 Å². The van der Waals surface area contributed by atoms with Gasteiger partial charge in [-0.1, -0.05) is 62.4 Å². The van der Waals surface area contributed by atoms with Gasteiger partial charge in [-0.05, 0) is 59.5 Å². The van der Waals surface area contributed by atoms with Crippen molar-refractivity contribution in [1.82, 2.24) is 10.3 Å². The Labute approximate surface area is 228 Å². The van der Waals surface area contributed by atoms with Gasteiger partial charge in [-0.25, -0.2) is 8.42 Å².